The lowest BCUT2D eigenvalue weighted by molar-refractivity contribution is -0.127. The maximum atomic E-state index is 15.4. The fraction of sp³-hybridized carbons (Fsp3) is 0.244. The summed E-state index contributed by atoms with van der Waals surface area (Å²) < 4.78 is 5.80. The topological polar surface area (TPSA) is 142 Å². The third kappa shape index (κ3) is 4.81. The second-order valence-electron chi connectivity index (χ2n) is 13.6. The highest BCUT2D eigenvalue weighted by atomic mass is 35.5. The zero-order valence-electron chi connectivity index (χ0n) is 27.9. The smallest absolute Gasteiger partial charge is 0.335 e. The van der Waals surface area contributed by atoms with Crippen LogP contribution in [0.1, 0.15) is 47.2 Å². The number of phenolic OH excluding ortho intramolecular Hbond substituents is 1. The van der Waals surface area contributed by atoms with Crippen molar-refractivity contribution in [1.82, 2.24) is 0 Å². The van der Waals surface area contributed by atoms with Crippen molar-refractivity contribution in [2.75, 3.05) is 16.4 Å². The number of aromatic hydroxyl groups is 1. The number of fused-ring (bicyclic) bond motifs is 4. The number of aromatic carboxylic acids is 1. The van der Waals surface area contributed by atoms with Crippen LogP contribution >= 0.6 is 11.6 Å². The summed E-state index contributed by atoms with van der Waals surface area (Å²) in [6, 6.07) is 26.3. The van der Waals surface area contributed by atoms with E-state index in [1.807, 2.05) is 36.4 Å². The van der Waals surface area contributed by atoms with Gasteiger partial charge in [0.1, 0.15) is 0 Å². The number of phenols is 1. The lowest BCUT2D eigenvalue weighted by Gasteiger charge is -2.50. The number of carbonyl (C=O) groups excluding carboxylic acids is 4. The molecule has 2 saturated heterocycles. The van der Waals surface area contributed by atoms with Crippen LogP contribution in [0, 0.1) is 23.7 Å². The van der Waals surface area contributed by atoms with E-state index in [1.165, 1.54) is 35.2 Å². The van der Waals surface area contributed by atoms with Crippen molar-refractivity contribution < 1.29 is 38.9 Å². The second kappa shape index (κ2) is 12.5. The molecule has 0 radical (unpaired) electrons. The highest BCUT2D eigenvalue weighted by molar-refractivity contribution is 6.32. The molecule has 4 amide bonds. The minimum absolute atomic E-state index is 0.0641. The lowest BCUT2D eigenvalue weighted by Crippen LogP contribution is -2.53. The van der Waals surface area contributed by atoms with Crippen LogP contribution in [0.25, 0.3) is 0 Å². The number of benzene rings is 4. The highest BCUT2D eigenvalue weighted by Crippen LogP contribution is 2.65. The first-order valence-corrected chi connectivity index (χ1v) is 17.5. The summed E-state index contributed by atoms with van der Waals surface area (Å²) in [4.78, 5) is 72.9. The fourth-order valence-electron chi connectivity index (χ4n) is 9.13. The van der Waals surface area contributed by atoms with Gasteiger partial charge in [-0.25, -0.2) is 9.69 Å². The number of carboxylic acid groups (broad SMARTS) is 1. The van der Waals surface area contributed by atoms with Crippen LogP contribution in [0.15, 0.2) is 109 Å². The number of halogens is 1. The maximum absolute atomic E-state index is 15.4. The van der Waals surface area contributed by atoms with Gasteiger partial charge >= 0.3 is 5.97 Å². The van der Waals surface area contributed by atoms with Crippen molar-refractivity contribution in [3.05, 3.63) is 130 Å². The Kier molecular flexibility index (Phi) is 8.02. The predicted octanol–water partition coefficient (Wildman–Crippen LogP) is 6.51. The molecule has 262 valence electrons. The Morgan fingerprint density at radius 3 is 2.29 bits per heavy atom. The normalized spacial score (nSPS) is 26.5. The number of nitrogens with zero attached hydrogens (tertiary/aromatic N) is 2. The van der Waals surface area contributed by atoms with Crippen molar-refractivity contribution in [1.29, 1.82) is 0 Å². The molecule has 10 nitrogen and oxygen atoms in total. The number of hydrogen-bond donors (Lipinski definition) is 2. The number of amides is 4. The number of imide groups is 2. The summed E-state index contributed by atoms with van der Waals surface area (Å²) >= 11 is 6.39. The first kappa shape index (κ1) is 33.4. The number of carboxylic acids is 1. The number of anilines is 2. The Labute approximate surface area is 303 Å². The molecular formula is C41H33ClN2O8. The number of ether oxygens (including phenoxy) is 1. The molecular weight excluding hydrogens is 684 g/mol. The van der Waals surface area contributed by atoms with Gasteiger partial charge in [0.25, 0.3) is 0 Å². The molecule has 6 unspecified atom stereocenters. The fourth-order valence-corrected chi connectivity index (χ4v) is 9.32. The number of hydrogen-bond acceptors (Lipinski definition) is 7. The first-order chi connectivity index (χ1) is 25.1. The van der Waals surface area contributed by atoms with Gasteiger partial charge in [0.15, 0.2) is 11.5 Å². The second-order valence-corrected chi connectivity index (χ2v) is 14.1. The molecule has 1 saturated carbocycles. The molecule has 11 heteroatoms. The number of carbonyl (C=O) groups is 5. The summed E-state index contributed by atoms with van der Waals surface area (Å²) in [5.41, 5.74) is 0.880. The molecule has 4 aromatic rings. The maximum Gasteiger partial charge on any atom is 0.335 e. The Balaban J connectivity index is 1.35. The molecule has 52 heavy (non-hydrogen) atoms. The van der Waals surface area contributed by atoms with Crippen LogP contribution < -0.4 is 14.5 Å². The van der Waals surface area contributed by atoms with E-state index in [0.717, 1.165) is 10.5 Å². The van der Waals surface area contributed by atoms with E-state index in [1.54, 1.807) is 43.3 Å². The van der Waals surface area contributed by atoms with E-state index in [4.69, 9.17) is 16.3 Å². The molecule has 3 fully saturated rings. The third-order valence-electron chi connectivity index (χ3n) is 11.1. The summed E-state index contributed by atoms with van der Waals surface area (Å²) in [5, 5.41) is 20.7. The standard InChI is InChI=1S/C41H33ClN2O8/c1-2-52-33-19-22(14-17-32(33)45)35-28-15-16-29-34(38(48)43(36(29)46)26-12-6-8-23(18-26)39(49)50)30(28)21-31-37(47)44(27-13-7-11-25(42)20-27)40(51)41(31,35)24-9-4-3-5-10-24/h3-15,17-20,29-31,34-35,45H,2,16,21H2,1H3,(H,49,50). The Morgan fingerprint density at radius 1 is 0.846 bits per heavy atom. The predicted molar refractivity (Wildman–Crippen MR) is 191 cm³/mol. The summed E-state index contributed by atoms with van der Waals surface area (Å²) in [7, 11) is 0. The number of allylic oxidation sites excluding steroid dienone is 2. The van der Waals surface area contributed by atoms with Crippen molar-refractivity contribution in [2.45, 2.75) is 31.1 Å². The van der Waals surface area contributed by atoms with Gasteiger partial charge in [0, 0.05) is 10.9 Å². The van der Waals surface area contributed by atoms with Gasteiger partial charge in [-0.2, -0.15) is 0 Å². The molecule has 2 heterocycles. The van der Waals surface area contributed by atoms with Crippen LogP contribution in [-0.4, -0.2) is 46.4 Å². The van der Waals surface area contributed by atoms with Gasteiger partial charge in [-0.3, -0.25) is 24.1 Å². The molecule has 4 aliphatic rings. The zero-order valence-corrected chi connectivity index (χ0v) is 28.7. The Hall–Kier alpha value is -5.74. The van der Waals surface area contributed by atoms with E-state index >= 15 is 4.79 Å². The summed E-state index contributed by atoms with van der Waals surface area (Å²) in [6.07, 6.45) is 2.23. The molecule has 4 aromatic carbocycles. The molecule has 2 aliphatic heterocycles. The van der Waals surface area contributed by atoms with Gasteiger partial charge in [0.05, 0.1) is 46.7 Å². The van der Waals surface area contributed by atoms with Gasteiger partial charge in [-0.15, -0.1) is 0 Å². The van der Waals surface area contributed by atoms with Crippen LogP contribution in [-0.2, 0) is 24.6 Å². The van der Waals surface area contributed by atoms with Gasteiger partial charge < -0.3 is 14.9 Å². The van der Waals surface area contributed by atoms with Gasteiger partial charge in [0.2, 0.25) is 23.6 Å². The molecule has 0 spiro atoms. The van der Waals surface area contributed by atoms with Crippen LogP contribution in [0.2, 0.25) is 5.02 Å². The zero-order chi connectivity index (χ0) is 36.5. The summed E-state index contributed by atoms with van der Waals surface area (Å²) in [6.45, 7) is 2.05. The Morgan fingerprint density at radius 2 is 1.58 bits per heavy atom. The molecule has 2 aliphatic carbocycles. The molecule has 0 bridgehead atoms. The first-order valence-electron chi connectivity index (χ1n) is 17.1. The van der Waals surface area contributed by atoms with Crippen molar-refractivity contribution in [3.63, 3.8) is 0 Å². The minimum atomic E-state index is -1.49. The van der Waals surface area contributed by atoms with Crippen LogP contribution in [0.5, 0.6) is 11.5 Å². The van der Waals surface area contributed by atoms with Crippen LogP contribution in [0.4, 0.5) is 11.4 Å². The lowest BCUT2D eigenvalue weighted by atomic mass is 9.49. The monoisotopic (exact) mass is 716 g/mol. The summed E-state index contributed by atoms with van der Waals surface area (Å²) in [5.74, 6) is -6.94. The van der Waals surface area contributed by atoms with Crippen molar-refractivity contribution in [2.24, 2.45) is 23.7 Å². The van der Waals surface area contributed by atoms with Gasteiger partial charge in [-0.05, 0) is 85.3 Å². The van der Waals surface area contributed by atoms with E-state index in [-0.39, 0.29) is 42.2 Å². The van der Waals surface area contributed by atoms with E-state index in [2.05, 4.69) is 0 Å². The minimum Gasteiger partial charge on any atom is -0.504 e. The van der Waals surface area contributed by atoms with Crippen molar-refractivity contribution >= 4 is 52.6 Å². The van der Waals surface area contributed by atoms with Crippen LogP contribution in [0.3, 0.4) is 0 Å². The largest absolute Gasteiger partial charge is 0.504 e. The van der Waals surface area contributed by atoms with E-state index in [9.17, 15) is 29.4 Å². The number of rotatable bonds is 7. The van der Waals surface area contributed by atoms with Gasteiger partial charge in [-0.1, -0.05) is 71.8 Å². The average molecular weight is 717 g/mol. The molecule has 6 atom stereocenters. The van der Waals surface area contributed by atoms with E-state index in [0.29, 0.717) is 21.8 Å². The Bertz CT molecular complexity index is 2220. The quantitative estimate of drug-likeness (QED) is 0.163. The van der Waals surface area contributed by atoms with Crippen molar-refractivity contribution in [3.8, 4) is 11.5 Å². The molecule has 2 N–H and O–H groups in total. The highest BCUT2D eigenvalue weighted by Gasteiger charge is 2.70. The third-order valence-corrected chi connectivity index (χ3v) is 11.4. The van der Waals surface area contributed by atoms with E-state index < -0.39 is 64.6 Å². The molecule has 0 aromatic heterocycles. The molecule has 8 rings (SSSR count). The SMILES string of the molecule is CCOc1cc(C2C3=CCC4C(=O)N(c5cccc(C(=O)O)c5)C(=O)C4C3CC3C(=O)N(c4cccc(Cl)c4)C(=O)C32c2ccccc2)ccc1O. The average Bonchev–Trinajstić information content (AvgIpc) is 3.53.